The Balaban J connectivity index is 2.45. The van der Waals surface area contributed by atoms with Gasteiger partial charge in [0.1, 0.15) is 10.6 Å². The highest BCUT2D eigenvalue weighted by molar-refractivity contribution is 9.10. The lowest BCUT2D eigenvalue weighted by atomic mass is 10.2. The molecule has 0 aliphatic rings. The van der Waals surface area contributed by atoms with Gasteiger partial charge in [-0.05, 0) is 46.5 Å². The first-order valence-electron chi connectivity index (χ1n) is 5.76. The maximum Gasteiger partial charge on any atom is 0.340 e. The Kier molecular flexibility index (Phi) is 4.65. The number of nitrogens with zero attached hydrogens (tertiary/aromatic N) is 2. The first-order valence-corrected chi connectivity index (χ1v) is 7.70. The molecule has 0 radical (unpaired) electrons. The van der Waals surface area contributed by atoms with Crippen molar-refractivity contribution in [3.05, 3.63) is 44.5 Å². The highest BCUT2D eigenvalue weighted by Gasteiger charge is 2.25. The number of hydrogen-bond acceptors (Lipinski definition) is 4. The molecule has 1 heterocycles. The first-order chi connectivity index (χ1) is 9.84. The van der Waals surface area contributed by atoms with E-state index in [1.54, 1.807) is 25.1 Å². The fourth-order valence-electron chi connectivity index (χ4n) is 1.77. The number of carbonyl (C=O) groups excluding carboxylic acids is 1. The molecule has 1 amide bonds. The van der Waals surface area contributed by atoms with Crippen LogP contribution < -0.4 is 4.90 Å². The van der Waals surface area contributed by atoms with Gasteiger partial charge in [-0.15, -0.1) is 0 Å². The lowest BCUT2D eigenvalue weighted by Gasteiger charge is -2.17. The summed E-state index contributed by atoms with van der Waals surface area (Å²) in [5.74, 6) is -1.51. The Labute approximate surface area is 138 Å². The molecular weight excluding hydrogens is 380 g/mol. The van der Waals surface area contributed by atoms with Gasteiger partial charge in [0.25, 0.3) is 5.91 Å². The van der Waals surface area contributed by atoms with Crippen LogP contribution >= 0.6 is 39.1 Å². The summed E-state index contributed by atoms with van der Waals surface area (Å²) in [4.78, 5) is 25.0. The lowest BCUT2D eigenvalue weighted by molar-refractivity contribution is 0.0697. The van der Waals surface area contributed by atoms with Gasteiger partial charge in [-0.2, -0.15) is 4.37 Å². The molecule has 5 nitrogen and oxygen atoms in total. The summed E-state index contributed by atoms with van der Waals surface area (Å²) in [5.41, 5.74) is 0.695. The van der Waals surface area contributed by atoms with Crippen LogP contribution in [-0.4, -0.2) is 28.4 Å². The van der Waals surface area contributed by atoms with Crippen LogP contribution in [0.1, 0.15) is 26.4 Å². The fourth-order valence-corrected chi connectivity index (χ4v) is 3.19. The van der Waals surface area contributed by atoms with E-state index in [9.17, 15) is 14.7 Å². The van der Waals surface area contributed by atoms with Crippen molar-refractivity contribution in [2.45, 2.75) is 6.92 Å². The van der Waals surface area contributed by atoms with Gasteiger partial charge in [0.05, 0.1) is 16.3 Å². The average molecular weight is 390 g/mol. The molecule has 2 rings (SSSR count). The van der Waals surface area contributed by atoms with Crippen molar-refractivity contribution < 1.29 is 14.7 Å². The number of aromatic nitrogens is 1. The fraction of sp³-hybridized carbons (Fsp3) is 0.154. The standard InChI is InChI=1S/C13H10BrClN2O3S/c1-6-9(13(19)20)12(21-16-6)17(2)11(18)7-4-3-5-8(14)10(7)15/h3-5H,1-2H3,(H,19,20). The number of carboxylic acid groups (broad SMARTS) is 1. The summed E-state index contributed by atoms with van der Waals surface area (Å²) in [6, 6.07) is 4.99. The van der Waals surface area contributed by atoms with Crippen LogP contribution in [0.4, 0.5) is 5.00 Å². The molecule has 110 valence electrons. The van der Waals surface area contributed by atoms with E-state index < -0.39 is 11.9 Å². The molecule has 1 N–H and O–H groups in total. The van der Waals surface area contributed by atoms with Crippen molar-refractivity contribution >= 4 is 55.9 Å². The average Bonchev–Trinajstić information content (AvgIpc) is 2.82. The second-order valence-electron chi connectivity index (χ2n) is 4.22. The minimum Gasteiger partial charge on any atom is -0.478 e. The number of halogens is 2. The largest absolute Gasteiger partial charge is 0.478 e. The van der Waals surface area contributed by atoms with Gasteiger partial charge in [0.15, 0.2) is 0 Å². The number of aryl methyl sites for hydroxylation is 1. The van der Waals surface area contributed by atoms with E-state index in [1.165, 1.54) is 11.9 Å². The third-order valence-electron chi connectivity index (χ3n) is 2.85. The number of anilines is 1. The van der Waals surface area contributed by atoms with Crippen LogP contribution in [0, 0.1) is 6.92 Å². The van der Waals surface area contributed by atoms with E-state index in [0.717, 1.165) is 11.5 Å². The molecule has 8 heteroatoms. The zero-order chi connectivity index (χ0) is 15.7. The van der Waals surface area contributed by atoms with E-state index in [2.05, 4.69) is 20.3 Å². The second kappa shape index (κ2) is 6.13. The molecule has 0 saturated heterocycles. The molecule has 21 heavy (non-hydrogen) atoms. The Morgan fingerprint density at radius 2 is 2.10 bits per heavy atom. The number of hydrogen-bond donors (Lipinski definition) is 1. The summed E-state index contributed by atoms with van der Waals surface area (Å²) in [5, 5.41) is 9.79. The van der Waals surface area contributed by atoms with Crippen molar-refractivity contribution in [2.24, 2.45) is 0 Å². The number of carbonyl (C=O) groups is 2. The minimum atomic E-state index is -1.11. The highest BCUT2D eigenvalue weighted by atomic mass is 79.9. The Morgan fingerprint density at radius 3 is 2.71 bits per heavy atom. The Morgan fingerprint density at radius 1 is 1.43 bits per heavy atom. The van der Waals surface area contributed by atoms with Crippen molar-refractivity contribution in [1.82, 2.24) is 4.37 Å². The molecule has 0 bridgehead atoms. The lowest BCUT2D eigenvalue weighted by Crippen LogP contribution is -2.27. The molecule has 0 aliphatic carbocycles. The molecule has 0 spiro atoms. The highest BCUT2D eigenvalue weighted by Crippen LogP contribution is 2.31. The van der Waals surface area contributed by atoms with Gasteiger partial charge in [0, 0.05) is 11.5 Å². The molecule has 0 saturated carbocycles. The molecule has 0 fully saturated rings. The predicted molar refractivity (Wildman–Crippen MR) is 85.7 cm³/mol. The van der Waals surface area contributed by atoms with E-state index in [1.807, 2.05) is 0 Å². The summed E-state index contributed by atoms with van der Waals surface area (Å²) in [7, 11) is 1.50. The molecule has 0 unspecified atom stereocenters. The van der Waals surface area contributed by atoms with Gasteiger partial charge < -0.3 is 10.0 Å². The van der Waals surface area contributed by atoms with Crippen LogP contribution in [0.3, 0.4) is 0 Å². The van der Waals surface area contributed by atoms with Crippen molar-refractivity contribution in [3.8, 4) is 0 Å². The van der Waals surface area contributed by atoms with Gasteiger partial charge in [-0.25, -0.2) is 4.79 Å². The molecule has 0 atom stereocenters. The van der Waals surface area contributed by atoms with E-state index in [0.29, 0.717) is 10.2 Å². The normalized spacial score (nSPS) is 10.5. The van der Waals surface area contributed by atoms with E-state index in [-0.39, 0.29) is 21.2 Å². The maximum atomic E-state index is 12.5. The van der Waals surface area contributed by atoms with Gasteiger partial charge >= 0.3 is 5.97 Å². The number of amides is 1. The van der Waals surface area contributed by atoms with E-state index in [4.69, 9.17) is 11.6 Å². The second-order valence-corrected chi connectivity index (χ2v) is 6.20. The van der Waals surface area contributed by atoms with Gasteiger partial charge in [0.2, 0.25) is 0 Å². The monoisotopic (exact) mass is 388 g/mol. The molecule has 2 aromatic rings. The summed E-state index contributed by atoms with van der Waals surface area (Å²) in [6.45, 7) is 1.59. The summed E-state index contributed by atoms with van der Waals surface area (Å²) < 4.78 is 4.60. The van der Waals surface area contributed by atoms with Crippen LogP contribution in [0.2, 0.25) is 5.02 Å². The third kappa shape index (κ3) is 2.95. The Bertz CT molecular complexity index is 732. The number of benzene rings is 1. The van der Waals surface area contributed by atoms with Crippen molar-refractivity contribution in [3.63, 3.8) is 0 Å². The zero-order valence-corrected chi connectivity index (χ0v) is 14.2. The van der Waals surface area contributed by atoms with Crippen molar-refractivity contribution in [1.29, 1.82) is 0 Å². The van der Waals surface area contributed by atoms with Crippen LogP contribution in [-0.2, 0) is 0 Å². The Hall–Kier alpha value is -1.44. The summed E-state index contributed by atoms with van der Waals surface area (Å²) >= 11 is 10.3. The molecule has 1 aromatic heterocycles. The number of aromatic carboxylic acids is 1. The van der Waals surface area contributed by atoms with Gasteiger partial charge in [-0.1, -0.05) is 17.7 Å². The SMILES string of the molecule is Cc1nsc(N(C)C(=O)c2cccc(Br)c2Cl)c1C(=O)O. The van der Waals surface area contributed by atoms with Crippen molar-refractivity contribution in [2.75, 3.05) is 11.9 Å². The molecule has 0 aliphatic heterocycles. The topological polar surface area (TPSA) is 70.5 Å². The predicted octanol–water partition coefficient (Wildman–Crippen LogP) is 3.84. The van der Waals surface area contributed by atoms with Crippen LogP contribution in [0.5, 0.6) is 0 Å². The first kappa shape index (κ1) is 15.9. The number of carboxylic acids is 1. The summed E-state index contributed by atoms with van der Waals surface area (Å²) in [6.07, 6.45) is 0. The quantitative estimate of drug-likeness (QED) is 0.866. The zero-order valence-electron chi connectivity index (χ0n) is 11.1. The maximum absolute atomic E-state index is 12.5. The smallest absolute Gasteiger partial charge is 0.340 e. The molecular formula is C13H10BrClN2O3S. The van der Waals surface area contributed by atoms with Gasteiger partial charge in [-0.3, -0.25) is 4.79 Å². The number of rotatable bonds is 3. The molecule has 1 aromatic carbocycles. The van der Waals surface area contributed by atoms with E-state index >= 15 is 0 Å². The minimum absolute atomic E-state index is 0.0296. The van der Waals surface area contributed by atoms with Crippen LogP contribution in [0.25, 0.3) is 0 Å². The third-order valence-corrected chi connectivity index (χ3v) is 5.16. The van der Waals surface area contributed by atoms with Crippen LogP contribution in [0.15, 0.2) is 22.7 Å².